The van der Waals surface area contributed by atoms with E-state index in [1.54, 1.807) is 12.4 Å². The molecule has 0 atom stereocenters. The minimum absolute atomic E-state index is 0.294. The summed E-state index contributed by atoms with van der Waals surface area (Å²) in [6, 6.07) is 9.19. The van der Waals surface area contributed by atoms with Crippen LogP contribution < -0.4 is 4.90 Å². The van der Waals surface area contributed by atoms with Crippen molar-refractivity contribution in [1.82, 2.24) is 20.1 Å². The summed E-state index contributed by atoms with van der Waals surface area (Å²) < 4.78 is 5.43. The molecule has 1 N–H and O–H groups in total. The van der Waals surface area contributed by atoms with Crippen molar-refractivity contribution in [2.75, 3.05) is 18.0 Å². The third-order valence-corrected chi connectivity index (χ3v) is 4.48. The van der Waals surface area contributed by atoms with Gasteiger partial charge in [-0.1, -0.05) is 11.2 Å². The first-order valence-electron chi connectivity index (χ1n) is 8.40. The van der Waals surface area contributed by atoms with Gasteiger partial charge >= 0.3 is 5.97 Å². The van der Waals surface area contributed by atoms with Gasteiger partial charge in [-0.3, -0.25) is 9.78 Å². The molecule has 8 heteroatoms. The molecule has 1 aliphatic rings. The number of hydrogen-bond acceptors (Lipinski definition) is 7. The van der Waals surface area contributed by atoms with E-state index in [4.69, 9.17) is 9.63 Å². The van der Waals surface area contributed by atoms with E-state index in [0.29, 0.717) is 43.3 Å². The minimum atomic E-state index is -0.734. The van der Waals surface area contributed by atoms with E-state index < -0.39 is 5.97 Å². The van der Waals surface area contributed by atoms with Crippen molar-refractivity contribution >= 4 is 11.8 Å². The molecule has 3 aromatic heterocycles. The molecule has 0 radical (unpaired) electrons. The molecule has 0 bridgehead atoms. The number of aromatic nitrogens is 4. The molecule has 0 aromatic carbocycles. The maximum atomic E-state index is 11.2. The molecule has 0 unspecified atom stereocenters. The van der Waals surface area contributed by atoms with Gasteiger partial charge in [-0.25, -0.2) is 4.98 Å². The van der Waals surface area contributed by atoms with Crippen LogP contribution in [0.2, 0.25) is 0 Å². The second kappa shape index (κ2) is 6.91. The SMILES string of the molecule is O=C(O)C1CCN(c2ncccc2-c2nc(-c3ccccn3)no2)CC1. The quantitative estimate of drug-likeness (QED) is 0.764. The Kier molecular flexibility index (Phi) is 4.30. The largest absolute Gasteiger partial charge is 0.481 e. The molecular formula is C18H17N5O3. The topological polar surface area (TPSA) is 105 Å². The van der Waals surface area contributed by atoms with Crippen LogP contribution in [0.1, 0.15) is 12.8 Å². The van der Waals surface area contributed by atoms with Crippen molar-refractivity contribution in [1.29, 1.82) is 0 Å². The number of carboxylic acids is 1. The van der Waals surface area contributed by atoms with Gasteiger partial charge in [0.05, 0.1) is 11.5 Å². The molecule has 3 aromatic rings. The van der Waals surface area contributed by atoms with Crippen molar-refractivity contribution in [3.8, 4) is 23.0 Å². The Labute approximate surface area is 149 Å². The van der Waals surface area contributed by atoms with E-state index in [-0.39, 0.29) is 5.92 Å². The van der Waals surface area contributed by atoms with Gasteiger partial charge in [-0.15, -0.1) is 0 Å². The lowest BCUT2D eigenvalue weighted by Crippen LogP contribution is -2.37. The van der Waals surface area contributed by atoms with Crippen molar-refractivity contribution in [3.05, 3.63) is 42.7 Å². The van der Waals surface area contributed by atoms with Crippen LogP contribution >= 0.6 is 0 Å². The van der Waals surface area contributed by atoms with Crippen LogP contribution in [-0.4, -0.2) is 44.3 Å². The Hall–Kier alpha value is -3.29. The highest BCUT2D eigenvalue weighted by atomic mass is 16.5. The van der Waals surface area contributed by atoms with Crippen LogP contribution in [0.5, 0.6) is 0 Å². The lowest BCUT2D eigenvalue weighted by Gasteiger charge is -2.31. The number of hydrogen-bond donors (Lipinski definition) is 1. The summed E-state index contributed by atoms with van der Waals surface area (Å²) in [5.41, 5.74) is 1.37. The molecule has 4 heterocycles. The van der Waals surface area contributed by atoms with Crippen LogP contribution in [0.25, 0.3) is 23.0 Å². The highest BCUT2D eigenvalue weighted by Gasteiger charge is 2.27. The van der Waals surface area contributed by atoms with Gasteiger partial charge in [0.15, 0.2) is 0 Å². The van der Waals surface area contributed by atoms with E-state index in [1.807, 2.05) is 30.3 Å². The summed E-state index contributed by atoms with van der Waals surface area (Å²) in [5.74, 6) is 0.488. The van der Waals surface area contributed by atoms with Gasteiger partial charge in [0.2, 0.25) is 5.82 Å². The Morgan fingerprint density at radius 3 is 2.65 bits per heavy atom. The fourth-order valence-corrected chi connectivity index (χ4v) is 3.09. The van der Waals surface area contributed by atoms with Crippen LogP contribution in [0.3, 0.4) is 0 Å². The van der Waals surface area contributed by atoms with Crippen LogP contribution in [0.15, 0.2) is 47.2 Å². The number of rotatable bonds is 4. The number of nitrogens with zero attached hydrogens (tertiary/aromatic N) is 5. The average Bonchev–Trinajstić information content (AvgIpc) is 3.19. The van der Waals surface area contributed by atoms with Gasteiger partial charge in [0, 0.05) is 25.5 Å². The number of piperidine rings is 1. The number of aliphatic carboxylic acids is 1. The number of carbonyl (C=O) groups is 1. The van der Waals surface area contributed by atoms with E-state index in [9.17, 15) is 4.79 Å². The third kappa shape index (κ3) is 3.13. The molecule has 0 aliphatic carbocycles. The number of carboxylic acid groups (broad SMARTS) is 1. The fourth-order valence-electron chi connectivity index (χ4n) is 3.09. The van der Waals surface area contributed by atoms with Crippen molar-refractivity contribution in [2.45, 2.75) is 12.8 Å². The van der Waals surface area contributed by atoms with Crippen molar-refractivity contribution < 1.29 is 14.4 Å². The highest BCUT2D eigenvalue weighted by Crippen LogP contribution is 2.31. The molecule has 1 fully saturated rings. The predicted molar refractivity (Wildman–Crippen MR) is 93.3 cm³/mol. The van der Waals surface area contributed by atoms with E-state index >= 15 is 0 Å². The van der Waals surface area contributed by atoms with Gasteiger partial charge in [-0.2, -0.15) is 4.98 Å². The number of anilines is 1. The molecular weight excluding hydrogens is 334 g/mol. The molecule has 26 heavy (non-hydrogen) atoms. The van der Waals surface area contributed by atoms with Crippen LogP contribution in [0.4, 0.5) is 5.82 Å². The second-order valence-electron chi connectivity index (χ2n) is 6.11. The summed E-state index contributed by atoms with van der Waals surface area (Å²) in [6.07, 6.45) is 4.56. The normalized spacial score (nSPS) is 15.2. The molecule has 132 valence electrons. The molecule has 1 saturated heterocycles. The summed E-state index contributed by atoms with van der Waals surface area (Å²) in [7, 11) is 0. The zero-order valence-corrected chi connectivity index (χ0v) is 13.9. The summed E-state index contributed by atoms with van der Waals surface area (Å²) in [4.78, 5) is 26.4. The van der Waals surface area contributed by atoms with Gasteiger partial charge in [-0.05, 0) is 37.1 Å². The van der Waals surface area contributed by atoms with Gasteiger partial charge < -0.3 is 14.5 Å². The molecule has 0 spiro atoms. The van der Waals surface area contributed by atoms with Crippen LogP contribution in [-0.2, 0) is 4.79 Å². The lowest BCUT2D eigenvalue weighted by atomic mass is 9.97. The predicted octanol–water partition coefficient (Wildman–Crippen LogP) is 2.49. The lowest BCUT2D eigenvalue weighted by molar-refractivity contribution is -0.142. The average molecular weight is 351 g/mol. The molecule has 1 aliphatic heterocycles. The van der Waals surface area contributed by atoms with Crippen molar-refractivity contribution in [3.63, 3.8) is 0 Å². The monoisotopic (exact) mass is 351 g/mol. The first kappa shape index (κ1) is 16.2. The second-order valence-corrected chi connectivity index (χ2v) is 6.11. The Morgan fingerprint density at radius 2 is 1.92 bits per heavy atom. The zero-order chi connectivity index (χ0) is 17.9. The minimum Gasteiger partial charge on any atom is -0.481 e. The molecule has 0 amide bonds. The first-order valence-corrected chi connectivity index (χ1v) is 8.40. The van der Waals surface area contributed by atoms with E-state index in [2.05, 4.69) is 25.0 Å². The number of pyridine rings is 2. The van der Waals surface area contributed by atoms with E-state index in [0.717, 1.165) is 11.4 Å². The maximum Gasteiger partial charge on any atom is 0.306 e. The Bertz CT molecular complexity index is 904. The molecule has 8 nitrogen and oxygen atoms in total. The summed E-state index contributed by atoms with van der Waals surface area (Å²) in [6.45, 7) is 1.25. The standard InChI is InChI=1S/C18H17N5O3/c24-18(25)12-6-10-23(11-7-12)16-13(4-3-9-20-16)17-21-15(22-26-17)14-5-1-2-8-19-14/h1-5,8-9,12H,6-7,10-11H2,(H,24,25). The molecule has 4 rings (SSSR count). The zero-order valence-electron chi connectivity index (χ0n) is 13.9. The van der Waals surface area contributed by atoms with Gasteiger partial charge in [0.1, 0.15) is 11.5 Å². The summed E-state index contributed by atoms with van der Waals surface area (Å²) in [5, 5.41) is 13.2. The first-order chi connectivity index (χ1) is 12.7. The maximum absolute atomic E-state index is 11.2. The highest BCUT2D eigenvalue weighted by molar-refractivity contribution is 5.73. The van der Waals surface area contributed by atoms with Crippen molar-refractivity contribution in [2.24, 2.45) is 5.92 Å². The van der Waals surface area contributed by atoms with Gasteiger partial charge in [0.25, 0.3) is 5.89 Å². The fraction of sp³-hybridized carbons (Fsp3) is 0.278. The Balaban J connectivity index is 1.61. The smallest absolute Gasteiger partial charge is 0.306 e. The third-order valence-electron chi connectivity index (χ3n) is 4.48. The molecule has 0 saturated carbocycles. The van der Waals surface area contributed by atoms with Crippen LogP contribution in [0, 0.1) is 5.92 Å². The van der Waals surface area contributed by atoms with E-state index in [1.165, 1.54) is 0 Å². The Morgan fingerprint density at radius 1 is 1.12 bits per heavy atom. The summed E-state index contributed by atoms with van der Waals surface area (Å²) >= 11 is 0.